The van der Waals surface area contributed by atoms with E-state index in [1.54, 1.807) is 11.8 Å². The normalized spacial score (nSPS) is 10.5. The molecule has 0 bridgehead atoms. The molecule has 0 saturated heterocycles. The fourth-order valence-corrected chi connectivity index (χ4v) is 3.34. The molecule has 4 aromatic rings. The number of benzene rings is 3. The van der Waals surface area contributed by atoms with Gasteiger partial charge in [0.1, 0.15) is 17.8 Å². The molecular weight excluding hydrogens is 384 g/mol. The maximum atomic E-state index is 12.5. The zero-order valence-electron chi connectivity index (χ0n) is 15.4. The zero-order valence-corrected chi connectivity index (χ0v) is 16.2. The molecule has 0 radical (unpaired) electrons. The number of para-hydroxylation sites is 1. The van der Waals surface area contributed by atoms with Crippen molar-refractivity contribution in [3.8, 4) is 11.5 Å². The van der Waals surface area contributed by atoms with Crippen LogP contribution in [0.2, 0.25) is 0 Å². The van der Waals surface area contributed by atoms with Crippen molar-refractivity contribution >= 4 is 23.4 Å². The van der Waals surface area contributed by atoms with Crippen molar-refractivity contribution in [3.05, 3.63) is 96.3 Å². The molecule has 0 fully saturated rings. The zero-order chi connectivity index (χ0) is 19.9. The standard InChI is InChI=1S/C22H18N4O2S/c27-21(17-8-6-16(7-9-17)14-29-22-23-15-24-26-22)25-18-10-12-20(13-11-18)28-19-4-2-1-3-5-19/h1-13,15H,14H2,(H,25,27)(H,23,24,26). The van der Waals surface area contributed by atoms with Crippen LogP contribution in [0.5, 0.6) is 11.5 Å². The third kappa shape index (κ3) is 5.24. The predicted molar refractivity (Wildman–Crippen MR) is 113 cm³/mol. The molecule has 144 valence electrons. The third-order valence-corrected chi connectivity index (χ3v) is 5.02. The van der Waals surface area contributed by atoms with Gasteiger partial charge < -0.3 is 10.1 Å². The number of hydrogen-bond donors (Lipinski definition) is 2. The van der Waals surface area contributed by atoms with Gasteiger partial charge in [0.2, 0.25) is 0 Å². The van der Waals surface area contributed by atoms with E-state index < -0.39 is 0 Å². The highest BCUT2D eigenvalue weighted by Crippen LogP contribution is 2.23. The van der Waals surface area contributed by atoms with Gasteiger partial charge in [-0.3, -0.25) is 9.89 Å². The Morgan fingerprint density at radius 1 is 0.931 bits per heavy atom. The van der Waals surface area contributed by atoms with E-state index in [1.807, 2.05) is 78.9 Å². The van der Waals surface area contributed by atoms with Gasteiger partial charge in [-0.1, -0.05) is 42.1 Å². The lowest BCUT2D eigenvalue weighted by Crippen LogP contribution is -2.11. The minimum atomic E-state index is -0.156. The average Bonchev–Trinajstić information content (AvgIpc) is 3.28. The Bertz CT molecular complexity index is 1050. The summed E-state index contributed by atoms with van der Waals surface area (Å²) in [6.45, 7) is 0. The summed E-state index contributed by atoms with van der Waals surface area (Å²) in [6.07, 6.45) is 1.48. The van der Waals surface area contributed by atoms with Crippen LogP contribution in [0.3, 0.4) is 0 Å². The first kappa shape index (κ1) is 18.8. The highest BCUT2D eigenvalue weighted by Gasteiger charge is 2.07. The van der Waals surface area contributed by atoms with Gasteiger partial charge in [-0.15, -0.1) is 0 Å². The van der Waals surface area contributed by atoms with E-state index in [1.165, 1.54) is 6.33 Å². The lowest BCUT2D eigenvalue weighted by atomic mass is 10.1. The quantitative estimate of drug-likeness (QED) is 0.418. The van der Waals surface area contributed by atoms with Gasteiger partial charge in [0.25, 0.3) is 5.91 Å². The SMILES string of the molecule is O=C(Nc1ccc(Oc2ccccc2)cc1)c1ccc(CSc2ncn[nH]2)cc1. The number of rotatable bonds is 7. The summed E-state index contributed by atoms with van der Waals surface area (Å²) in [5.74, 6) is 2.07. The number of nitrogens with one attached hydrogen (secondary N) is 2. The molecule has 0 saturated carbocycles. The summed E-state index contributed by atoms with van der Waals surface area (Å²) >= 11 is 1.56. The summed E-state index contributed by atoms with van der Waals surface area (Å²) < 4.78 is 5.76. The second-order valence-electron chi connectivity index (χ2n) is 6.17. The third-order valence-electron chi connectivity index (χ3n) is 4.08. The first-order valence-electron chi connectivity index (χ1n) is 8.98. The smallest absolute Gasteiger partial charge is 0.255 e. The van der Waals surface area contributed by atoms with Crippen LogP contribution in [0, 0.1) is 0 Å². The molecule has 0 atom stereocenters. The molecule has 1 amide bonds. The Kier molecular flexibility index (Phi) is 5.87. The maximum absolute atomic E-state index is 12.5. The van der Waals surface area contributed by atoms with Crippen LogP contribution in [-0.2, 0) is 5.75 Å². The van der Waals surface area contributed by atoms with E-state index in [4.69, 9.17) is 4.74 Å². The summed E-state index contributed by atoms with van der Waals surface area (Å²) in [7, 11) is 0. The highest BCUT2D eigenvalue weighted by molar-refractivity contribution is 7.98. The van der Waals surface area contributed by atoms with Crippen LogP contribution in [-0.4, -0.2) is 21.1 Å². The van der Waals surface area contributed by atoms with Crippen molar-refractivity contribution in [1.29, 1.82) is 0 Å². The number of anilines is 1. The predicted octanol–water partition coefficient (Wildman–Crippen LogP) is 5.14. The van der Waals surface area contributed by atoms with Gasteiger partial charge in [-0.25, -0.2) is 4.98 Å². The van der Waals surface area contributed by atoms with Gasteiger partial charge in [-0.05, 0) is 54.1 Å². The number of amides is 1. The van der Waals surface area contributed by atoms with Gasteiger partial charge in [0.05, 0.1) is 0 Å². The number of hydrogen-bond acceptors (Lipinski definition) is 5. The number of nitrogens with zero attached hydrogens (tertiary/aromatic N) is 2. The number of aromatic amines is 1. The van der Waals surface area contributed by atoms with E-state index in [0.717, 1.165) is 22.2 Å². The van der Waals surface area contributed by atoms with Crippen LogP contribution in [0.1, 0.15) is 15.9 Å². The monoisotopic (exact) mass is 402 g/mol. The first-order chi connectivity index (χ1) is 14.3. The minimum absolute atomic E-state index is 0.156. The number of H-pyrrole nitrogens is 1. The maximum Gasteiger partial charge on any atom is 0.255 e. The Morgan fingerprint density at radius 3 is 2.34 bits per heavy atom. The summed E-state index contributed by atoms with van der Waals surface area (Å²) in [5, 5.41) is 10.3. The van der Waals surface area contributed by atoms with E-state index >= 15 is 0 Å². The molecule has 29 heavy (non-hydrogen) atoms. The van der Waals surface area contributed by atoms with E-state index in [0.29, 0.717) is 17.0 Å². The lowest BCUT2D eigenvalue weighted by molar-refractivity contribution is 0.102. The molecule has 0 spiro atoms. The Morgan fingerprint density at radius 2 is 1.66 bits per heavy atom. The number of aromatic nitrogens is 3. The number of thioether (sulfide) groups is 1. The van der Waals surface area contributed by atoms with Crippen LogP contribution in [0.25, 0.3) is 0 Å². The molecule has 0 unspecified atom stereocenters. The second kappa shape index (κ2) is 9.07. The topological polar surface area (TPSA) is 79.9 Å². The van der Waals surface area contributed by atoms with E-state index in [2.05, 4.69) is 20.5 Å². The van der Waals surface area contributed by atoms with Gasteiger partial charge >= 0.3 is 0 Å². The number of carbonyl (C=O) groups excluding carboxylic acids is 1. The second-order valence-corrected chi connectivity index (χ2v) is 7.13. The van der Waals surface area contributed by atoms with Crippen LogP contribution in [0.15, 0.2) is 90.3 Å². The molecule has 0 aliphatic rings. The van der Waals surface area contributed by atoms with Crippen molar-refractivity contribution in [2.45, 2.75) is 10.9 Å². The summed E-state index contributed by atoms with van der Waals surface area (Å²) in [4.78, 5) is 16.6. The molecule has 3 aromatic carbocycles. The summed E-state index contributed by atoms with van der Waals surface area (Å²) in [5.41, 5.74) is 2.41. The van der Waals surface area contributed by atoms with Crippen molar-refractivity contribution in [2.75, 3.05) is 5.32 Å². The van der Waals surface area contributed by atoms with E-state index in [9.17, 15) is 4.79 Å². The Balaban J connectivity index is 1.32. The molecular formula is C22H18N4O2S. The van der Waals surface area contributed by atoms with Crippen molar-refractivity contribution < 1.29 is 9.53 Å². The van der Waals surface area contributed by atoms with Crippen molar-refractivity contribution in [2.24, 2.45) is 0 Å². The molecule has 0 aliphatic carbocycles. The fraction of sp³-hybridized carbons (Fsp3) is 0.0455. The highest BCUT2D eigenvalue weighted by atomic mass is 32.2. The molecule has 0 aliphatic heterocycles. The fourth-order valence-electron chi connectivity index (χ4n) is 2.60. The Labute approximate surface area is 172 Å². The van der Waals surface area contributed by atoms with Crippen molar-refractivity contribution in [1.82, 2.24) is 15.2 Å². The minimum Gasteiger partial charge on any atom is -0.457 e. The Hall–Kier alpha value is -3.58. The van der Waals surface area contributed by atoms with Crippen LogP contribution in [0.4, 0.5) is 5.69 Å². The van der Waals surface area contributed by atoms with Crippen LogP contribution < -0.4 is 10.1 Å². The number of carbonyl (C=O) groups is 1. The molecule has 1 aromatic heterocycles. The van der Waals surface area contributed by atoms with Gasteiger partial charge in [-0.2, -0.15) is 5.10 Å². The number of ether oxygens (including phenoxy) is 1. The van der Waals surface area contributed by atoms with Crippen LogP contribution >= 0.6 is 11.8 Å². The largest absolute Gasteiger partial charge is 0.457 e. The van der Waals surface area contributed by atoms with E-state index in [-0.39, 0.29) is 5.91 Å². The first-order valence-corrected chi connectivity index (χ1v) is 9.96. The van der Waals surface area contributed by atoms with Gasteiger partial charge in [0.15, 0.2) is 5.16 Å². The molecule has 4 rings (SSSR count). The lowest BCUT2D eigenvalue weighted by Gasteiger charge is -2.08. The van der Waals surface area contributed by atoms with Gasteiger partial charge in [0, 0.05) is 17.0 Å². The molecule has 7 heteroatoms. The molecule has 6 nitrogen and oxygen atoms in total. The summed E-state index contributed by atoms with van der Waals surface area (Å²) in [6, 6.07) is 24.4. The van der Waals surface area contributed by atoms with Crippen molar-refractivity contribution in [3.63, 3.8) is 0 Å². The molecule has 2 N–H and O–H groups in total. The average molecular weight is 402 g/mol. The molecule has 1 heterocycles.